The number of nitrogens with zero attached hydrogens (tertiary/aromatic N) is 4. The van der Waals surface area contributed by atoms with Crippen molar-refractivity contribution in [2.75, 3.05) is 11.4 Å². The molecule has 1 fully saturated rings. The molecule has 1 saturated heterocycles. The number of carbonyl (C=O) groups is 1. The maximum atomic E-state index is 14.1. The number of hydrogen-bond donors (Lipinski definition) is 0. The standard InChI is InChI=1S/C26H25ClN4O3S2/c1-17-7-10-20(11-8-17)36(33,34)31-14-4-6-22(31)25(32)30(16-19-5-3-13-28-15-19)26-29-23-18(2)9-12-21(27)24(23)35-26/h3,5,7-13,15,22H,4,6,14,16H2,1-2H3. The number of fused-ring (bicyclic) bond motifs is 1. The molecule has 0 aliphatic carbocycles. The van der Waals surface area contributed by atoms with Gasteiger partial charge in [0.1, 0.15) is 6.04 Å². The van der Waals surface area contributed by atoms with Crippen molar-refractivity contribution in [2.45, 2.75) is 44.2 Å². The van der Waals surface area contributed by atoms with Gasteiger partial charge >= 0.3 is 0 Å². The molecule has 36 heavy (non-hydrogen) atoms. The van der Waals surface area contributed by atoms with E-state index in [0.717, 1.165) is 26.9 Å². The summed E-state index contributed by atoms with van der Waals surface area (Å²) in [4.78, 5) is 24.8. The third-order valence-corrected chi connectivity index (χ3v) is 9.82. The van der Waals surface area contributed by atoms with Crippen LogP contribution in [0.1, 0.15) is 29.5 Å². The van der Waals surface area contributed by atoms with Crippen LogP contribution < -0.4 is 4.90 Å². The van der Waals surface area contributed by atoms with Crippen molar-refractivity contribution >= 4 is 54.2 Å². The lowest BCUT2D eigenvalue weighted by Crippen LogP contribution is -2.47. The number of aromatic nitrogens is 2. The van der Waals surface area contributed by atoms with E-state index < -0.39 is 16.1 Å². The van der Waals surface area contributed by atoms with Gasteiger partial charge in [-0.2, -0.15) is 4.31 Å². The van der Waals surface area contributed by atoms with Gasteiger partial charge in [-0.3, -0.25) is 14.7 Å². The van der Waals surface area contributed by atoms with Crippen LogP contribution in [-0.4, -0.2) is 41.2 Å². The van der Waals surface area contributed by atoms with Crippen LogP contribution in [0.2, 0.25) is 5.02 Å². The summed E-state index contributed by atoms with van der Waals surface area (Å²) in [6.07, 6.45) is 4.41. The van der Waals surface area contributed by atoms with Gasteiger partial charge in [0.05, 0.1) is 26.7 Å². The lowest BCUT2D eigenvalue weighted by molar-refractivity contribution is -0.121. The quantitative estimate of drug-likeness (QED) is 0.329. The fraction of sp³-hybridized carbons (Fsp3) is 0.269. The average Bonchev–Trinajstić information content (AvgIpc) is 3.54. The Morgan fingerprint density at radius 2 is 1.94 bits per heavy atom. The van der Waals surface area contributed by atoms with Crippen molar-refractivity contribution in [3.63, 3.8) is 0 Å². The molecule has 2 aromatic heterocycles. The Hall–Kier alpha value is -2.85. The lowest BCUT2D eigenvalue weighted by atomic mass is 10.2. The molecule has 3 heterocycles. The summed E-state index contributed by atoms with van der Waals surface area (Å²) in [5.41, 5.74) is 3.48. The zero-order valence-electron chi connectivity index (χ0n) is 19.9. The molecule has 1 aliphatic rings. The maximum absolute atomic E-state index is 14.1. The number of aryl methyl sites for hydroxylation is 2. The number of sulfonamides is 1. The van der Waals surface area contributed by atoms with Crippen molar-refractivity contribution in [1.82, 2.24) is 14.3 Å². The van der Waals surface area contributed by atoms with Gasteiger partial charge in [-0.15, -0.1) is 0 Å². The predicted molar refractivity (Wildman–Crippen MR) is 143 cm³/mol. The van der Waals surface area contributed by atoms with Crippen molar-refractivity contribution < 1.29 is 13.2 Å². The van der Waals surface area contributed by atoms with Crippen molar-refractivity contribution in [3.05, 3.63) is 82.6 Å². The Balaban J connectivity index is 1.55. The Bertz CT molecular complexity index is 1480. The summed E-state index contributed by atoms with van der Waals surface area (Å²) in [7, 11) is -3.84. The summed E-state index contributed by atoms with van der Waals surface area (Å²) < 4.78 is 29.2. The van der Waals surface area contributed by atoms with Crippen LogP contribution in [0.5, 0.6) is 0 Å². The highest BCUT2D eigenvalue weighted by atomic mass is 35.5. The average molecular weight is 541 g/mol. The minimum atomic E-state index is -3.84. The molecule has 0 N–H and O–H groups in total. The number of amides is 1. The highest BCUT2D eigenvalue weighted by Gasteiger charge is 2.42. The number of pyridine rings is 1. The smallest absolute Gasteiger partial charge is 0.247 e. The Morgan fingerprint density at radius 3 is 2.64 bits per heavy atom. The molecule has 186 valence electrons. The third kappa shape index (κ3) is 4.64. The van der Waals surface area contributed by atoms with Crippen LogP contribution >= 0.6 is 22.9 Å². The Morgan fingerprint density at radius 1 is 1.17 bits per heavy atom. The summed E-state index contributed by atoms with van der Waals surface area (Å²) in [6, 6.07) is 13.3. The first kappa shape index (κ1) is 24.8. The summed E-state index contributed by atoms with van der Waals surface area (Å²) in [5.74, 6) is -0.306. The summed E-state index contributed by atoms with van der Waals surface area (Å²) >= 11 is 7.78. The summed E-state index contributed by atoms with van der Waals surface area (Å²) in [6.45, 7) is 4.36. The molecule has 0 saturated carbocycles. The molecule has 1 unspecified atom stereocenters. The number of carbonyl (C=O) groups excluding carboxylic acids is 1. The van der Waals surface area contributed by atoms with Crippen LogP contribution in [0.4, 0.5) is 5.13 Å². The monoisotopic (exact) mass is 540 g/mol. The molecular weight excluding hydrogens is 516 g/mol. The second-order valence-corrected chi connectivity index (χ2v) is 12.2. The SMILES string of the molecule is Cc1ccc(S(=O)(=O)N2CCCC2C(=O)N(Cc2cccnc2)c2nc3c(C)ccc(Cl)c3s2)cc1. The zero-order valence-corrected chi connectivity index (χ0v) is 22.3. The van der Waals surface area contributed by atoms with E-state index in [1.165, 1.54) is 15.6 Å². The van der Waals surface area contributed by atoms with Gasteiger partial charge in [0.2, 0.25) is 15.9 Å². The summed E-state index contributed by atoms with van der Waals surface area (Å²) in [5, 5.41) is 1.05. The van der Waals surface area contributed by atoms with Crippen LogP contribution in [0.15, 0.2) is 65.8 Å². The maximum Gasteiger partial charge on any atom is 0.247 e. The third-order valence-electron chi connectivity index (χ3n) is 6.36. The van der Waals surface area contributed by atoms with E-state index in [1.54, 1.807) is 47.6 Å². The zero-order chi connectivity index (χ0) is 25.4. The van der Waals surface area contributed by atoms with E-state index >= 15 is 0 Å². The van der Waals surface area contributed by atoms with Gasteiger partial charge in [-0.1, -0.05) is 52.8 Å². The second-order valence-electron chi connectivity index (χ2n) is 8.91. The molecule has 1 atom stereocenters. The molecule has 0 spiro atoms. The van der Waals surface area contributed by atoms with E-state index in [-0.39, 0.29) is 23.9 Å². The minimum Gasteiger partial charge on any atom is -0.282 e. The minimum absolute atomic E-state index is 0.189. The number of hydrogen-bond acceptors (Lipinski definition) is 6. The molecule has 1 amide bonds. The van der Waals surface area contributed by atoms with Gasteiger partial charge in [0, 0.05) is 18.9 Å². The first-order valence-corrected chi connectivity index (χ1v) is 14.2. The molecule has 10 heteroatoms. The fourth-order valence-corrected chi connectivity index (χ4v) is 7.39. The first-order chi connectivity index (χ1) is 17.3. The van der Waals surface area contributed by atoms with Gasteiger partial charge < -0.3 is 0 Å². The van der Waals surface area contributed by atoms with E-state index in [9.17, 15) is 13.2 Å². The van der Waals surface area contributed by atoms with Gasteiger partial charge in [0.15, 0.2) is 5.13 Å². The van der Waals surface area contributed by atoms with E-state index in [4.69, 9.17) is 16.6 Å². The number of anilines is 1. The Kier molecular flexibility index (Phi) is 6.82. The van der Waals surface area contributed by atoms with Crippen LogP contribution in [0, 0.1) is 13.8 Å². The first-order valence-electron chi connectivity index (χ1n) is 11.6. The number of rotatable bonds is 6. The van der Waals surface area contributed by atoms with Gasteiger partial charge in [0.25, 0.3) is 0 Å². The van der Waals surface area contributed by atoms with E-state index in [2.05, 4.69) is 4.98 Å². The lowest BCUT2D eigenvalue weighted by Gasteiger charge is -2.28. The predicted octanol–water partition coefficient (Wildman–Crippen LogP) is 5.35. The molecule has 5 rings (SSSR count). The van der Waals surface area contributed by atoms with Crippen molar-refractivity contribution in [3.8, 4) is 0 Å². The van der Waals surface area contributed by atoms with Gasteiger partial charge in [-0.05, 0) is 62.1 Å². The highest BCUT2D eigenvalue weighted by molar-refractivity contribution is 7.89. The largest absolute Gasteiger partial charge is 0.282 e. The molecular formula is C26H25ClN4O3S2. The van der Waals surface area contributed by atoms with Crippen molar-refractivity contribution in [2.24, 2.45) is 0 Å². The van der Waals surface area contributed by atoms with Crippen LogP contribution in [0.25, 0.3) is 10.2 Å². The highest BCUT2D eigenvalue weighted by Crippen LogP contribution is 2.37. The van der Waals surface area contributed by atoms with Crippen LogP contribution in [-0.2, 0) is 21.4 Å². The number of thiazole rings is 1. The number of halogens is 1. The molecule has 4 aromatic rings. The van der Waals surface area contributed by atoms with Gasteiger partial charge in [-0.25, -0.2) is 13.4 Å². The Labute approximate surface area is 219 Å². The molecule has 0 radical (unpaired) electrons. The molecule has 1 aliphatic heterocycles. The number of benzene rings is 2. The van der Waals surface area contributed by atoms with Crippen LogP contribution in [0.3, 0.4) is 0 Å². The fourth-order valence-electron chi connectivity index (χ4n) is 4.42. The molecule has 0 bridgehead atoms. The van der Waals surface area contributed by atoms with E-state index in [1.807, 2.05) is 32.0 Å². The second kappa shape index (κ2) is 9.89. The topological polar surface area (TPSA) is 83.5 Å². The normalized spacial score (nSPS) is 16.5. The van der Waals surface area contributed by atoms with E-state index in [0.29, 0.717) is 23.0 Å². The van der Waals surface area contributed by atoms with Crippen molar-refractivity contribution in [1.29, 1.82) is 0 Å². The molecule has 2 aromatic carbocycles. The molecule has 7 nitrogen and oxygen atoms in total.